The fourth-order valence-corrected chi connectivity index (χ4v) is 2.68. The Hall–Kier alpha value is -0.940. The summed E-state index contributed by atoms with van der Waals surface area (Å²) in [7, 11) is 0. The van der Waals surface area contributed by atoms with E-state index in [0.717, 1.165) is 39.3 Å². The standard InChI is InChI=1S/C16H26N2O2/c1-2-17-9-11-20-16(13-17)14-18(8-10-19)12-15-6-4-3-5-7-15/h3-7,16,19H,2,8-14H2,1H3. The van der Waals surface area contributed by atoms with Gasteiger partial charge in [0.1, 0.15) is 0 Å². The van der Waals surface area contributed by atoms with E-state index in [9.17, 15) is 5.11 Å². The SMILES string of the molecule is CCN1CCOC(CN(CCO)Cc2ccccc2)C1. The Bertz CT molecular complexity index is 372. The first-order valence-electron chi connectivity index (χ1n) is 7.53. The van der Waals surface area contributed by atoms with Gasteiger partial charge in [-0.1, -0.05) is 37.3 Å². The first-order chi connectivity index (χ1) is 9.81. The molecule has 0 aliphatic carbocycles. The first kappa shape index (κ1) is 15.4. The molecule has 1 fully saturated rings. The number of rotatable bonds is 7. The lowest BCUT2D eigenvalue weighted by molar-refractivity contribution is -0.0442. The third kappa shape index (κ3) is 4.87. The van der Waals surface area contributed by atoms with Gasteiger partial charge in [0, 0.05) is 32.7 Å². The third-order valence-electron chi connectivity index (χ3n) is 3.80. The summed E-state index contributed by atoms with van der Waals surface area (Å²) in [6.07, 6.45) is 0.249. The van der Waals surface area contributed by atoms with Crippen molar-refractivity contribution < 1.29 is 9.84 Å². The summed E-state index contributed by atoms with van der Waals surface area (Å²) in [5, 5.41) is 9.25. The highest BCUT2D eigenvalue weighted by Gasteiger charge is 2.21. The van der Waals surface area contributed by atoms with Crippen molar-refractivity contribution >= 4 is 0 Å². The van der Waals surface area contributed by atoms with Crippen molar-refractivity contribution in [3.05, 3.63) is 35.9 Å². The summed E-state index contributed by atoms with van der Waals surface area (Å²) in [5.41, 5.74) is 1.28. The Morgan fingerprint density at radius 2 is 2.15 bits per heavy atom. The van der Waals surface area contributed by atoms with Crippen molar-refractivity contribution in [1.29, 1.82) is 0 Å². The number of morpholine rings is 1. The molecule has 4 heteroatoms. The van der Waals surface area contributed by atoms with Crippen LogP contribution in [-0.2, 0) is 11.3 Å². The fraction of sp³-hybridized carbons (Fsp3) is 0.625. The molecular formula is C16H26N2O2. The van der Waals surface area contributed by atoms with Crippen LogP contribution < -0.4 is 0 Å². The fourth-order valence-electron chi connectivity index (χ4n) is 2.68. The molecule has 2 rings (SSSR count). The molecule has 112 valence electrons. The molecule has 20 heavy (non-hydrogen) atoms. The maximum atomic E-state index is 9.25. The maximum absolute atomic E-state index is 9.25. The van der Waals surface area contributed by atoms with E-state index in [-0.39, 0.29) is 12.7 Å². The number of hydrogen-bond donors (Lipinski definition) is 1. The molecule has 1 atom stereocenters. The summed E-state index contributed by atoms with van der Waals surface area (Å²) in [6, 6.07) is 10.4. The second-order valence-corrected chi connectivity index (χ2v) is 5.33. The molecule has 1 N–H and O–H groups in total. The number of aliphatic hydroxyl groups is 1. The van der Waals surface area contributed by atoms with Gasteiger partial charge in [-0.2, -0.15) is 0 Å². The van der Waals surface area contributed by atoms with Gasteiger partial charge in [0.2, 0.25) is 0 Å². The van der Waals surface area contributed by atoms with Gasteiger partial charge in [-0.25, -0.2) is 0 Å². The van der Waals surface area contributed by atoms with Gasteiger partial charge in [0.25, 0.3) is 0 Å². The Labute approximate surface area is 122 Å². The third-order valence-corrected chi connectivity index (χ3v) is 3.80. The van der Waals surface area contributed by atoms with Crippen LogP contribution in [0.25, 0.3) is 0 Å². The van der Waals surface area contributed by atoms with Crippen molar-refractivity contribution in [3.8, 4) is 0 Å². The highest BCUT2D eigenvalue weighted by Crippen LogP contribution is 2.10. The lowest BCUT2D eigenvalue weighted by Gasteiger charge is -2.35. The molecule has 0 saturated carbocycles. The summed E-state index contributed by atoms with van der Waals surface area (Å²) >= 11 is 0. The molecule has 0 aromatic heterocycles. The zero-order valence-electron chi connectivity index (χ0n) is 12.4. The number of ether oxygens (including phenoxy) is 1. The summed E-state index contributed by atoms with van der Waals surface area (Å²) in [5.74, 6) is 0. The maximum Gasteiger partial charge on any atom is 0.0829 e. The molecule has 0 spiro atoms. The Balaban J connectivity index is 1.88. The van der Waals surface area contributed by atoms with Crippen LogP contribution in [0.5, 0.6) is 0 Å². The van der Waals surface area contributed by atoms with Gasteiger partial charge in [0.05, 0.1) is 19.3 Å². The molecule has 1 heterocycles. The van der Waals surface area contributed by atoms with Gasteiger partial charge < -0.3 is 9.84 Å². The van der Waals surface area contributed by atoms with Gasteiger partial charge in [-0.3, -0.25) is 9.80 Å². The molecule has 1 saturated heterocycles. The average Bonchev–Trinajstić information content (AvgIpc) is 2.49. The zero-order valence-corrected chi connectivity index (χ0v) is 12.4. The number of benzene rings is 1. The topological polar surface area (TPSA) is 35.9 Å². The lowest BCUT2D eigenvalue weighted by Crippen LogP contribution is -2.47. The van der Waals surface area contributed by atoms with Crippen LogP contribution in [0.2, 0.25) is 0 Å². The van der Waals surface area contributed by atoms with Crippen molar-refractivity contribution in [3.63, 3.8) is 0 Å². The van der Waals surface area contributed by atoms with E-state index < -0.39 is 0 Å². The number of hydrogen-bond acceptors (Lipinski definition) is 4. The van der Waals surface area contributed by atoms with Gasteiger partial charge in [-0.05, 0) is 12.1 Å². The zero-order chi connectivity index (χ0) is 14.2. The van der Waals surface area contributed by atoms with Crippen molar-refractivity contribution in [2.24, 2.45) is 0 Å². The molecule has 4 nitrogen and oxygen atoms in total. The second-order valence-electron chi connectivity index (χ2n) is 5.33. The van der Waals surface area contributed by atoms with E-state index in [2.05, 4.69) is 41.0 Å². The molecule has 0 radical (unpaired) electrons. The minimum absolute atomic E-state index is 0.192. The minimum atomic E-state index is 0.192. The average molecular weight is 278 g/mol. The molecule has 1 aliphatic heterocycles. The monoisotopic (exact) mass is 278 g/mol. The van der Waals surface area contributed by atoms with E-state index in [1.165, 1.54) is 5.56 Å². The van der Waals surface area contributed by atoms with E-state index in [1.807, 2.05) is 6.07 Å². The van der Waals surface area contributed by atoms with E-state index >= 15 is 0 Å². The van der Waals surface area contributed by atoms with Crippen LogP contribution in [0, 0.1) is 0 Å². The van der Waals surface area contributed by atoms with Crippen LogP contribution >= 0.6 is 0 Å². The number of nitrogens with zero attached hydrogens (tertiary/aromatic N) is 2. The van der Waals surface area contributed by atoms with Crippen LogP contribution in [0.4, 0.5) is 0 Å². The molecule has 1 unspecified atom stereocenters. The predicted molar refractivity (Wildman–Crippen MR) is 80.7 cm³/mol. The predicted octanol–water partition coefficient (Wildman–Crippen LogP) is 1.20. The summed E-state index contributed by atoms with van der Waals surface area (Å²) in [6.45, 7) is 8.75. The van der Waals surface area contributed by atoms with Gasteiger partial charge >= 0.3 is 0 Å². The van der Waals surface area contributed by atoms with E-state index in [0.29, 0.717) is 6.54 Å². The smallest absolute Gasteiger partial charge is 0.0829 e. The number of aliphatic hydroxyl groups excluding tert-OH is 1. The molecule has 1 aromatic rings. The van der Waals surface area contributed by atoms with Crippen molar-refractivity contribution in [2.75, 3.05) is 45.9 Å². The Kier molecular flexibility index (Phi) is 6.47. The lowest BCUT2D eigenvalue weighted by atomic mass is 10.2. The van der Waals surface area contributed by atoms with E-state index in [1.54, 1.807) is 0 Å². The highest BCUT2D eigenvalue weighted by molar-refractivity contribution is 5.14. The van der Waals surface area contributed by atoms with Crippen molar-refractivity contribution in [2.45, 2.75) is 19.6 Å². The largest absolute Gasteiger partial charge is 0.395 e. The molecular weight excluding hydrogens is 252 g/mol. The van der Waals surface area contributed by atoms with Gasteiger partial charge in [-0.15, -0.1) is 0 Å². The normalized spacial score (nSPS) is 20.4. The van der Waals surface area contributed by atoms with Gasteiger partial charge in [0.15, 0.2) is 0 Å². The van der Waals surface area contributed by atoms with Crippen LogP contribution in [0.15, 0.2) is 30.3 Å². The number of likely N-dealkylation sites (N-methyl/N-ethyl adjacent to an activating group) is 1. The van der Waals surface area contributed by atoms with Crippen LogP contribution in [-0.4, -0.2) is 66.9 Å². The van der Waals surface area contributed by atoms with E-state index in [4.69, 9.17) is 4.74 Å². The summed E-state index contributed by atoms with van der Waals surface area (Å²) < 4.78 is 5.86. The van der Waals surface area contributed by atoms with Crippen molar-refractivity contribution in [1.82, 2.24) is 9.80 Å². The quantitative estimate of drug-likeness (QED) is 0.813. The van der Waals surface area contributed by atoms with Crippen LogP contribution in [0.3, 0.4) is 0 Å². The molecule has 0 bridgehead atoms. The Morgan fingerprint density at radius 1 is 1.35 bits per heavy atom. The Morgan fingerprint density at radius 3 is 2.85 bits per heavy atom. The van der Waals surface area contributed by atoms with Crippen LogP contribution in [0.1, 0.15) is 12.5 Å². The molecule has 1 aliphatic rings. The molecule has 0 amide bonds. The highest BCUT2D eigenvalue weighted by atomic mass is 16.5. The summed E-state index contributed by atoms with van der Waals surface area (Å²) in [4.78, 5) is 4.70. The minimum Gasteiger partial charge on any atom is -0.395 e. The first-order valence-corrected chi connectivity index (χ1v) is 7.53. The second kappa shape index (κ2) is 8.37. The molecule has 1 aromatic carbocycles.